The van der Waals surface area contributed by atoms with Crippen LogP contribution in [-0.2, 0) is 13.2 Å². The summed E-state index contributed by atoms with van der Waals surface area (Å²) in [4.78, 5) is 31.4. The fraction of sp³-hybridized carbons (Fsp3) is 0.0800. The van der Waals surface area contributed by atoms with E-state index in [9.17, 15) is 4.79 Å². The molecule has 33 heavy (non-hydrogen) atoms. The zero-order valence-electron chi connectivity index (χ0n) is 17.5. The molecule has 0 spiro atoms. The first-order chi connectivity index (χ1) is 16.3. The van der Waals surface area contributed by atoms with E-state index in [-0.39, 0.29) is 12.6 Å². The number of ether oxygens (including phenoxy) is 1. The van der Waals surface area contributed by atoms with Gasteiger partial charge in [0.2, 0.25) is 0 Å². The minimum Gasteiger partial charge on any atom is -0.485 e. The van der Waals surface area contributed by atoms with Gasteiger partial charge in [0.05, 0.1) is 23.8 Å². The molecule has 0 bridgehead atoms. The van der Waals surface area contributed by atoms with E-state index >= 15 is 0 Å². The third-order valence-corrected chi connectivity index (χ3v) is 4.97. The highest BCUT2D eigenvalue weighted by molar-refractivity contribution is 5.82. The Hall–Kier alpha value is -4.59. The van der Waals surface area contributed by atoms with Crippen LogP contribution < -0.4 is 15.2 Å². The van der Waals surface area contributed by atoms with Crippen molar-refractivity contribution in [3.8, 4) is 5.75 Å². The molecule has 0 N–H and O–H groups in total. The second-order valence-corrected chi connectivity index (χ2v) is 7.24. The van der Waals surface area contributed by atoms with Gasteiger partial charge in [-0.3, -0.25) is 24.6 Å². The van der Waals surface area contributed by atoms with Gasteiger partial charge in [-0.25, -0.2) is 0 Å². The molecule has 1 aromatic carbocycles. The predicted molar refractivity (Wildman–Crippen MR) is 123 cm³/mol. The lowest BCUT2D eigenvalue weighted by molar-refractivity contribution is 0.304. The molecule has 8 heteroatoms. The Morgan fingerprint density at radius 1 is 0.818 bits per heavy atom. The minimum absolute atomic E-state index is 0.141. The second-order valence-electron chi connectivity index (χ2n) is 7.24. The molecule has 0 aliphatic rings. The summed E-state index contributed by atoms with van der Waals surface area (Å²) in [5.41, 5.74) is 2.48. The molecule has 0 radical (unpaired) electrons. The van der Waals surface area contributed by atoms with Gasteiger partial charge in [0.1, 0.15) is 6.61 Å². The van der Waals surface area contributed by atoms with Crippen LogP contribution in [0.4, 0.5) is 11.7 Å². The molecule has 0 fully saturated rings. The standard InChI is InChI=1S/C25H19N5O3/c31-24-21-8-1-9-22(32-17-19-6-3-11-27-14-19)23(21)33-25(29-24)30(20-7-4-12-28-15-20)16-18-5-2-10-26-13-18/h1-15H,16-17H2. The van der Waals surface area contributed by atoms with Gasteiger partial charge in [0, 0.05) is 36.5 Å². The van der Waals surface area contributed by atoms with Gasteiger partial charge in [-0.2, -0.15) is 4.98 Å². The van der Waals surface area contributed by atoms with E-state index in [0.29, 0.717) is 23.3 Å². The largest absolute Gasteiger partial charge is 0.485 e. The van der Waals surface area contributed by atoms with Crippen molar-refractivity contribution in [1.82, 2.24) is 19.9 Å². The van der Waals surface area contributed by atoms with Crippen molar-refractivity contribution in [3.05, 3.63) is 113 Å². The summed E-state index contributed by atoms with van der Waals surface area (Å²) >= 11 is 0. The summed E-state index contributed by atoms with van der Waals surface area (Å²) in [7, 11) is 0. The molecule has 5 aromatic rings. The summed E-state index contributed by atoms with van der Waals surface area (Å²) in [6.45, 7) is 0.677. The van der Waals surface area contributed by atoms with Crippen molar-refractivity contribution in [2.45, 2.75) is 13.2 Å². The predicted octanol–water partition coefficient (Wildman–Crippen LogP) is 4.29. The van der Waals surface area contributed by atoms with Gasteiger partial charge in [-0.15, -0.1) is 0 Å². The van der Waals surface area contributed by atoms with Crippen LogP contribution in [0.25, 0.3) is 11.0 Å². The van der Waals surface area contributed by atoms with Crippen molar-refractivity contribution < 1.29 is 9.15 Å². The van der Waals surface area contributed by atoms with Gasteiger partial charge in [-0.1, -0.05) is 18.2 Å². The molecule has 0 saturated carbocycles. The molecule has 0 unspecified atom stereocenters. The maximum Gasteiger partial charge on any atom is 0.306 e. The van der Waals surface area contributed by atoms with Crippen molar-refractivity contribution >= 4 is 22.7 Å². The van der Waals surface area contributed by atoms with Gasteiger partial charge >= 0.3 is 6.01 Å². The molecule has 0 aliphatic carbocycles. The molecular formula is C25H19N5O3. The first-order valence-corrected chi connectivity index (χ1v) is 10.3. The van der Waals surface area contributed by atoms with Gasteiger partial charge < -0.3 is 9.15 Å². The Labute approximate surface area is 189 Å². The number of anilines is 2. The Morgan fingerprint density at radius 2 is 1.55 bits per heavy atom. The number of rotatable bonds is 7. The molecule has 0 amide bonds. The van der Waals surface area contributed by atoms with Crippen LogP contribution in [0.1, 0.15) is 11.1 Å². The molecule has 0 atom stereocenters. The number of nitrogens with zero attached hydrogens (tertiary/aromatic N) is 5. The summed E-state index contributed by atoms with van der Waals surface area (Å²) in [5, 5.41) is 0.343. The molecule has 4 heterocycles. The van der Waals surface area contributed by atoms with Crippen LogP contribution in [0.2, 0.25) is 0 Å². The molecule has 162 valence electrons. The monoisotopic (exact) mass is 437 g/mol. The van der Waals surface area contributed by atoms with Gasteiger partial charge in [0.15, 0.2) is 11.3 Å². The zero-order chi connectivity index (χ0) is 22.5. The normalized spacial score (nSPS) is 10.8. The topological polar surface area (TPSA) is 94.2 Å². The molecule has 5 rings (SSSR count). The van der Waals surface area contributed by atoms with Crippen LogP contribution in [-0.4, -0.2) is 19.9 Å². The second kappa shape index (κ2) is 9.27. The van der Waals surface area contributed by atoms with Gasteiger partial charge in [0.25, 0.3) is 5.56 Å². The van der Waals surface area contributed by atoms with E-state index < -0.39 is 5.56 Å². The number of benzene rings is 1. The fourth-order valence-corrected chi connectivity index (χ4v) is 3.38. The molecule has 0 saturated heterocycles. The van der Waals surface area contributed by atoms with E-state index in [1.54, 1.807) is 60.3 Å². The minimum atomic E-state index is -0.404. The first-order valence-electron chi connectivity index (χ1n) is 10.3. The fourth-order valence-electron chi connectivity index (χ4n) is 3.38. The number of pyridine rings is 3. The third kappa shape index (κ3) is 4.54. The van der Waals surface area contributed by atoms with E-state index in [0.717, 1.165) is 16.8 Å². The highest BCUT2D eigenvalue weighted by Gasteiger charge is 2.19. The Balaban J connectivity index is 1.57. The number of fused-ring (bicyclic) bond motifs is 1. The van der Waals surface area contributed by atoms with Crippen molar-refractivity contribution in [3.63, 3.8) is 0 Å². The maximum atomic E-state index is 12.9. The van der Waals surface area contributed by atoms with E-state index in [4.69, 9.17) is 9.15 Å². The quantitative estimate of drug-likeness (QED) is 0.372. The average molecular weight is 437 g/mol. The van der Waals surface area contributed by atoms with Crippen molar-refractivity contribution in [2.24, 2.45) is 0 Å². The van der Waals surface area contributed by atoms with Crippen molar-refractivity contribution in [2.75, 3.05) is 4.90 Å². The number of hydrogen-bond donors (Lipinski definition) is 0. The number of aromatic nitrogens is 4. The maximum absolute atomic E-state index is 12.9. The Bertz CT molecular complexity index is 1410. The number of hydrogen-bond acceptors (Lipinski definition) is 8. The summed E-state index contributed by atoms with van der Waals surface area (Å²) in [6, 6.07) is 16.6. The number of para-hydroxylation sites is 1. The van der Waals surface area contributed by atoms with E-state index in [1.807, 2.05) is 36.4 Å². The molecule has 0 aliphatic heterocycles. The smallest absolute Gasteiger partial charge is 0.306 e. The summed E-state index contributed by atoms with van der Waals surface area (Å²) < 4.78 is 12.2. The lowest BCUT2D eigenvalue weighted by atomic mass is 10.2. The van der Waals surface area contributed by atoms with Crippen LogP contribution in [0, 0.1) is 0 Å². The Kier molecular flexibility index (Phi) is 5.71. The highest BCUT2D eigenvalue weighted by atomic mass is 16.5. The first kappa shape index (κ1) is 20.3. The molecular weight excluding hydrogens is 418 g/mol. The summed E-state index contributed by atoms with van der Waals surface area (Å²) in [6.07, 6.45) is 10.3. The van der Waals surface area contributed by atoms with Crippen LogP contribution in [0.5, 0.6) is 5.75 Å². The SMILES string of the molecule is O=c1nc(N(Cc2cccnc2)c2cccnc2)oc2c(OCc3cccnc3)cccc12. The lowest BCUT2D eigenvalue weighted by Gasteiger charge is -2.22. The van der Waals surface area contributed by atoms with E-state index in [2.05, 4.69) is 19.9 Å². The van der Waals surface area contributed by atoms with E-state index in [1.165, 1.54) is 0 Å². The molecule has 8 nitrogen and oxygen atoms in total. The third-order valence-electron chi connectivity index (χ3n) is 4.97. The summed E-state index contributed by atoms with van der Waals surface area (Å²) in [5.74, 6) is 0.449. The van der Waals surface area contributed by atoms with Crippen LogP contribution in [0.3, 0.4) is 0 Å². The van der Waals surface area contributed by atoms with Crippen LogP contribution in [0.15, 0.2) is 101 Å². The Morgan fingerprint density at radius 3 is 2.24 bits per heavy atom. The lowest BCUT2D eigenvalue weighted by Crippen LogP contribution is -2.21. The van der Waals surface area contributed by atoms with Crippen LogP contribution >= 0.6 is 0 Å². The zero-order valence-corrected chi connectivity index (χ0v) is 17.5. The molecule has 4 aromatic heterocycles. The average Bonchev–Trinajstić information content (AvgIpc) is 2.88. The van der Waals surface area contributed by atoms with Crippen molar-refractivity contribution in [1.29, 1.82) is 0 Å². The highest BCUT2D eigenvalue weighted by Crippen LogP contribution is 2.30. The van der Waals surface area contributed by atoms with Gasteiger partial charge in [-0.05, 0) is 42.0 Å².